The van der Waals surface area contributed by atoms with Gasteiger partial charge < -0.3 is 14.8 Å². The summed E-state index contributed by atoms with van der Waals surface area (Å²) < 4.78 is 12.2. The molecule has 0 saturated carbocycles. The van der Waals surface area contributed by atoms with E-state index in [1.54, 1.807) is 7.11 Å². The van der Waals surface area contributed by atoms with E-state index in [9.17, 15) is 0 Å². The van der Waals surface area contributed by atoms with Gasteiger partial charge in [-0.1, -0.05) is 22.0 Å². The number of benzene rings is 2. The maximum Gasteiger partial charge on any atom is 0.124 e. The first-order valence-corrected chi connectivity index (χ1v) is 7.80. The van der Waals surface area contributed by atoms with Crippen LogP contribution in [0.3, 0.4) is 0 Å². The number of methoxy groups -OCH3 is 1. The van der Waals surface area contributed by atoms with Gasteiger partial charge in [-0.15, -0.1) is 0 Å². The summed E-state index contributed by atoms with van der Waals surface area (Å²) in [5.41, 5.74) is 3.51. The van der Waals surface area contributed by atoms with Gasteiger partial charge in [0, 0.05) is 22.1 Å². The van der Waals surface area contributed by atoms with Crippen LogP contribution in [0.1, 0.15) is 23.6 Å². The Bertz CT molecular complexity index is 657. The zero-order chi connectivity index (χ0) is 14.8. The lowest BCUT2D eigenvalue weighted by Gasteiger charge is -2.28. The minimum atomic E-state index is 0.233. The molecule has 21 heavy (non-hydrogen) atoms. The molecular weight excluding hydrogens is 330 g/mol. The molecule has 3 nitrogen and oxygen atoms in total. The van der Waals surface area contributed by atoms with Crippen molar-refractivity contribution in [1.29, 1.82) is 0 Å². The summed E-state index contributed by atoms with van der Waals surface area (Å²) in [5, 5.41) is 3.63. The van der Waals surface area contributed by atoms with Crippen LogP contribution in [-0.4, -0.2) is 13.7 Å². The van der Waals surface area contributed by atoms with Crippen LogP contribution >= 0.6 is 15.9 Å². The van der Waals surface area contributed by atoms with Crippen LogP contribution < -0.4 is 14.8 Å². The van der Waals surface area contributed by atoms with Crippen molar-refractivity contribution in [1.82, 2.24) is 0 Å². The van der Waals surface area contributed by atoms with Gasteiger partial charge in [0.2, 0.25) is 0 Å². The highest BCUT2D eigenvalue weighted by Crippen LogP contribution is 2.37. The summed E-state index contributed by atoms with van der Waals surface area (Å²) in [6, 6.07) is 12.4. The summed E-state index contributed by atoms with van der Waals surface area (Å²) in [6.07, 6.45) is 0.937. The van der Waals surface area contributed by atoms with E-state index < -0.39 is 0 Å². The van der Waals surface area contributed by atoms with E-state index in [-0.39, 0.29) is 6.04 Å². The Kier molecular flexibility index (Phi) is 4.06. The standard InChI is InChI=1S/C17H18BrNO2/c1-11-14(18)4-3-5-15(11)19-16-8-9-21-17-7-6-12(20-2)10-13(16)17/h3-7,10,16,19H,8-9H2,1-2H3. The van der Waals surface area contributed by atoms with Crippen molar-refractivity contribution in [2.45, 2.75) is 19.4 Å². The fourth-order valence-electron chi connectivity index (χ4n) is 2.60. The molecule has 0 aliphatic carbocycles. The van der Waals surface area contributed by atoms with Crippen molar-refractivity contribution >= 4 is 21.6 Å². The van der Waals surface area contributed by atoms with Gasteiger partial charge in [0.25, 0.3) is 0 Å². The van der Waals surface area contributed by atoms with Crippen molar-refractivity contribution < 1.29 is 9.47 Å². The second-order valence-electron chi connectivity index (χ2n) is 5.15. The first-order valence-electron chi connectivity index (χ1n) is 7.01. The Labute approximate surface area is 133 Å². The summed E-state index contributed by atoms with van der Waals surface area (Å²) in [6.45, 7) is 2.84. The summed E-state index contributed by atoms with van der Waals surface area (Å²) >= 11 is 3.58. The first-order chi connectivity index (χ1) is 10.2. The highest BCUT2D eigenvalue weighted by Gasteiger charge is 2.22. The van der Waals surface area contributed by atoms with E-state index in [0.29, 0.717) is 0 Å². The number of rotatable bonds is 3. The van der Waals surface area contributed by atoms with Crippen LogP contribution in [-0.2, 0) is 0 Å². The van der Waals surface area contributed by atoms with Gasteiger partial charge in [0.15, 0.2) is 0 Å². The predicted octanol–water partition coefficient (Wildman–Crippen LogP) is 4.70. The fourth-order valence-corrected chi connectivity index (χ4v) is 2.97. The molecule has 2 aromatic carbocycles. The SMILES string of the molecule is COc1ccc2c(c1)C(Nc1cccc(Br)c1C)CCO2. The molecule has 1 N–H and O–H groups in total. The van der Waals surface area contributed by atoms with E-state index in [4.69, 9.17) is 9.47 Å². The number of fused-ring (bicyclic) bond motifs is 1. The Morgan fingerprint density at radius 2 is 2.14 bits per heavy atom. The molecule has 1 heterocycles. The Balaban J connectivity index is 1.93. The zero-order valence-electron chi connectivity index (χ0n) is 12.2. The zero-order valence-corrected chi connectivity index (χ0v) is 13.7. The maximum absolute atomic E-state index is 5.74. The minimum Gasteiger partial charge on any atom is -0.497 e. The second kappa shape index (κ2) is 5.98. The Morgan fingerprint density at radius 1 is 1.29 bits per heavy atom. The van der Waals surface area contributed by atoms with Crippen LogP contribution in [0, 0.1) is 6.92 Å². The number of nitrogens with one attached hydrogen (secondary N) is 1. The van der Waals surface area contributed by atoms with Crippen molar-refractivity contribution in [3.8, 4) is 11.5 Å². The molecule has 1 aliphatic heterocycles. The normalized spacial score (nSPS) is 16.8. The van der Waals surface area contributed by atoms with Crippen LogP contribution in [0.4, 0.5) is 5.69 Å². The van der Waals surface area contributed by atoms with Crippen molar-refractivity contribution in [3.63, 3.8) is 0 Å². The third-order valence-corrected chi connectivity index (χ3v) is 4.71. The molecule has 0 amide bonds. The largest absolute Gasteiger partial charge is 0.497 e. The van der Waals surface area contributed by atoms with Crippen LogP contribution in [0.2, 0.25) is 0 Å². The monoisotopic (exact) mass is 347 g/mol. The highest BCUT2D eigenvalue weighted by atomic mass is 79.9. The smallest absolute Gasteiger partial charge is 0.124 e. The number of hydrogen-bond donors (Lipinski definition) is 1. The van der Waals surface area contributed by atoms with Gasteiger partial charge >= 0.3 is 0 Å². The van der Waals surface area contributed by atoms with Gasteiger partial charge in [-0.25, -0.2) is 0 Å². The van der Waals surface area contributed by atoms with E-state index in [0.717, 1.165) is 40.3 Å². The molecule has 2 aromatic rings. The molecule has 0 radical (unpaired) electrons. The molecule has 1 atom stereocenters. The molecule has 1 aliphatic rings. The van der Waals surface area contributed by atoms with E-state index in [2.05, 4.69) is 46.4 Å². The summed E-state index contributed by atoms with van der Waals surface area (Å²) in [7, 11) is 1.69. The molecule has 0 saturated heterocycles. The summed E-state index contributed by atoms with van der Waals surface area (Å²) in [4.78, 5) is 0. The van der Waals surface area contributed by atoms with Crippen molar-refractivity contribution in [2.75, 3.05) is 19.0 Å². The third kappa shape index (κ3) is 2.86. The highest BCUT2D eigenvalue weighted by molar-refractivity contribution is 9.10. The molecule has 0 aromatic heterocycles. The topological polar surface area (TPSA) is 30.5 Å². The Morgan fingerprint density at radius 3 is 2.95 bits per heavy atom. The number of anilines is 1. The average Bonchev–Trinajstić information content (AvgIpc) is 2.51. The third-order valence-electron chi connectivity index (χ3n) is 3.85. The molecule has 0 spiro atoms. The van der Waals surface area contributed by atoms with Gasteiger partial charge in [-0.05, 0) is 42.8 Å². The van der Waals surface area contributed by atoms with Crippen LogP contribution in [0.5, 0.6) is 11.5 Å². The van der Waals surface area contributed by atoms with Gasteiger partial charge in [-0.2, -0.15) is 0 Å². The number of ether oxygens (including phenoxy) is 2. The molecule has 110 valence electrons. The lowest BCUT2D eigenvalue weighted by atomic mass is 9.99. The van der Waals surface area contributed by atoms with Crippen LogP contribution in [0.15, 0.2) is 40.9 Å². The maximum atomic E-state index is 5.74. The van der Waals surface area contributed by atoms with Gasteiger partial charge in [-0.3, -0.25) is 0 Å². The van der Waals surface area contributed by atoms with Crippen molar-refractivity contribution in [2.24, 2.45) is 0 Å². The Hall–Kier alpha value is -1.68. The second-order valence-corrected chi connectivity index (χ2v) is 6.00. The van der Waals surface area contributed by atoms with E-state index in [1.807, 2.05) is 18.2 Å². The molecule has 3 rings (SSSR count). The molecule has 1 unspecified atom stereocenters. The van der Waals surface area contributed by atoms with Gasteiger partial charge in [0.1, 0.15) is 11.5 Å². The van der Waals surface area contributed by atoms with Gasteiger partial charge in [0.05, 0.1) is 19.8 Å². The lowest BCUT2D eigenvalue weighted by Crippen LogP contribution is -2.20. The lowest BCUT2D eigenvalue weighted by molar-refractivity contribution is 0.273. The molecular formula is C17H18BrNO2. The molecule has 0 fully saturated rings. The van der Waals surface area contributed by atoms with E-state index in [1.165, 1.54) is 5.56 Å². The van der Waals surface area contributed by atoms with Crippen LogP contribution in [0.25, 0.3) is 0 Å². The molecule has 0 bridgehead atoms. The average molecular weight is 348 g/mol. The predicted molar refractivity (Wildman–Crippen MR) is 88.3 cm³/mol. The number of hydrogen-bond acceptors (Lipinski definition) is 3. The quantitative estimate of drug-likeness (QED) is 0.872. The summed E-state index contributed by atoms with van der Waals surface area (Å²) in [5.74, 6) is 1.80. The first kappa shape index (κ1) is 14.3. The van der Waals surface area contributed by atoms with E-state index >= 15 is 0 Å². The number of halogens is 1. The minimum absolute atomic E-state index is 0.233. The fraction of sp³-hybridized carbons (Fsp3) is 0.294. The van der Waals surface area contributed by atoms with Crippen molar-refractivity contribution in [3.05, 3.63) is 52.0 Å². The molecule has 4 heteroatoms.